The lowest BCUT2D eigenvalue weighted by Gasteiger charge is -2.13. The fourth-order valence-corrected chi connectivity index (χ4v) is 2.70. The zero-order valence-electron chi connectivity index (χ0n) is 12.8. The number of benzene rings is 1. The van der Waals surface area contributed by atoms with Gasteiger partial charge in [0.25, 0.3) is 0 Å². The van der Waals surface area contributed by atoms with Crippen LogP contribution in [0.2, 0.25) is 0 Å². The molecule has 0 spiro atoms. The van der Waals surface area contributed by atoms with Gasteiger partial charge in [-0.2, -0.15) is 0 Å². The predicted octanol–water partition coefficient (Wildman–Crippen LogP) is 5.13. The van der Waals surface area contributed by atoms with Crippen LogP contribution in [0.1, 0.15) is 60.2 Å². The van der Waals surface area contributed by atoms with Crippen LogP contribution in [-0.2, 0) is 9.47 Å². The Kier molecular flexibility index (Phi) is 8.71. The third-order valence-electron chi connectivity index (χ3n) is 2.97. The van der Waals surface area contributed by atoms with Crippen molar-refractivity contribution in [2.75, 3.05) is 13.2 Å². The molecule has 6 heteroatoms. The highest BCUT2D eigenvalue weighted by molar-refractivity contribution is 9.11. The topological polar surface area (TPSA) is 52.6 Å². The standard InChI is InChI=1S/C16H20Br2O4/c1-3-5-9-21-15(19)13-11(17)7-8-12(18)14(13)16(20)22-10-6-4-2/h7-8H,3-6,9-10H2,1-2H3. The summed E-state index contributed by atoms with van der Waals surface area (Å²) >= 11 is 6.62. The van der Waals surface area contributed by atoms with Gasteiger partial charge in [0, 0.05) is 8.95 Å². The second-order valence-electron chi connectivity index (χ2n) is 4.76. The Morgan fingerprint density at radius 2 is 1.23 bits per heavy atom. The monoisotopic (exact) mass is 434 g/mol. The van der Waals surface area contributed by atoms with Crippen LogP contribution in [-0.4, -0.2) is 25.2 Å². The molecule has 0 amide bonds. The predicted molar refractivity (Wildman–Crippen MR) is 92.2 cm³/mol. The highest BCUT2D eigenvalue weighted by Gasteiger charge is 2.25. The maximum Gasteiger partial charge on any atom is 0.340 e. The Bertz CT molecular complexity index is 482. The number of hydrogen-bond donors (Lipinski definition) is 0. The third-order valence-corrected chi connectivity index (χ3v) is 4.30. The Balaban J connectivity index is 3.01. The van der Waals surface area contributed by atoms with Crippen molar-refractivity contribution in [1.29, 1.82) is 0 Å². The molecule has 0 unspecified atom stereocenters. The molecule has 0 saturated heterocycles. The SMILES string of the molecule is CCCCOC(=O)c1c(Br)ccc(Br)c1C(=O)OCCCC. The smallest absolute Gasteiger partial charge is 0.340 e. The third kappa shape index (κ3) is 5.39. The minimum atomic E-state index is -0.524. The van der Waals surface area contributed by atoms with E-state index >= 15 is 0 Å². The molecule has 0 aromatic heterocycles. The van der Waals surface area contributed by atoms with E-state index in [0.717, 1.165) is 25.7 Å². The van der Waals surface area contributed by atoms with Gasteiger partial charge in [-0.25, -0.2) is 9.59 Å². The molecule has 0 fully saturated rings. The van der Waals surface area contributed by atoms with Crippen molar-refractivity contribution < 1.29 is 19.1 Å². The Hall–Kier alpha value is -0.880. The molecule has 0 N–H and O–H groups in total. The number of carbonyl (C=O) groups is 2. The fourth-order valence-electron chi connectivity index (χ4n) is 1.71. The van der Waals surface area contributed by atoms with Crippen molar-refractivity contribution in [3.05, 3.63) is 32.2 Å². The summed E-state index contributed by atoms with van der Waals surface area (Å²) in [5.41, 5.74) is 0.402. The summed E-state index contributed by atoms with van der Waals surface area (Å²) in [5, 5.41) is 0. The average Bonchev–Trinajstić information content (AvgIpc) is 2.49. The second-order valence-corrected chi connectivity index (χ2v) is 6.47. The molecule has 0 heterocycles. The van der Waals surface area contributed by atoms with Crippen molar-refractivity contribution in [1.82, 2.24) is 0 Å². The summed E-state index contributed by atoms with van der Waals surface area (Å²) in [6.45, 7) is 4.69. The molecule has 0 bridgehead atoms. The van der Waals surface area contributed by atoms with Gasteiger partial charge < -0.3 is 9.47 Å². The summed E-state index contributed by atoms with van der Waals surface area (Å²) in [5.74, 6) is -1.05. The molecule has 0 radical (unpaired) electrons. The van der Waals surface area contributed by atoms with Gasteiger partial charge in [0.05, 0.1) is 24.3 Å². The molecule has 0 aliphatic rings. The van der Waals surface area contributed by atoms with Crippen LogP contribution in [0.25, 0.3) is 0 Å². The molecular formula is C16H20Br2O4. The zero-order chi connectivity index (χ0) is 16.5. The fraction of sp³-hybridized carbons (Fsp3) is 0.500. The van der Waals surface area contributed by atoms with Crippen LogP contribution in [0.15, 0.2) is 21.1 Å². The molecule has 4 nitrogen and oxygen atoms in total. The first kappa shape index (κ1) is 19.2. The molecule has 1 aromatic carbocycles. The molecule has 0 aliphatic carbocycles. The molecule has 0 atom stereocenters. The van der Waals surface area contributed by atoms with Gasteiger partial charge in [-0.3, -0.25) is 0 Å². The highest BCUT2D eigenvalue weighted by atomic mass is 79.9. The van der Waals surface area contributed by atoms with Crippen molar-refractivity contribution in [2.24, 2.45) is 0 Å². The lowest BCUT2D eigenvalue weighted by atomic mass is 10.1. The first-order valence-corrected chi connectivity index (χ1v) is 8.93. The van der Waals surface area contributed by atoms with E-state index in [9.17, 15) is 9.59 Å². The largest absolute Gasteiger partial charge is 0.462 e. The second kappa shape index (κ2) is 10.0. The summed E-state index contributed by atoms with van der Waals surface area (Å²) in [7, 11) is 0. The summed E-state index contributed by atoms with van der Waals surface area (Å²) < 4.78 is 11.5. The maximum atomic E-state index is 12.3. The Morgan fingerprint density at radius 3 is 1.55 bits per heavy atom. The van der Waals surface area contributed by atoms with E-state index in [0.29, 0.717) is 22.2 Å². The Morgan fingerprint density at radius 1 is 0.864 bits per heavy atom. The Labute approximate surface area is 147 Å². The number of ether oxygens (including phenoxy) is 2. The van der Waals surface area contributed by atoms with E-state index in [2.05, 4.69) is 31.9 Å². The number of hydrogen-bond acceptors (Lipinski definition) is 4. The number of esters is 2. The lowest BCUT2D eigenvalue weighted by Crippen LogP contribution is -2.16. The minimum absolute atomic E-state index is 0.201. The molecule has 1 rings (SSSR count). The summed E-state index contributed by atoms with van der Waals surface area (Å²) in [6, 6.07) is 3.40. The van der Waals surface area contributed by atoms with E-state index in [1.165, 1.54) is 0 Å². The van der Waals surface area contributed by atoms with Gasteiger partial charge in [-0.15, -0.1) is 0 Å². The zero-order valence-corrected chi connectivity index (χ0v) is 16.0. The number of rotatable bonds is 8. The maximum absolute atomic E-state index is 12.3. The van der Waals surface area contributed by atoms with E-state index in [1.807, 2.05) is 13.8 Å². The minimum Gasteiger partial charge on any atom is -0.462 e. The van der Waals surface area contributed by atoms with Gasteiger partial charge in [-0.05, 0) is 56.8 Å². The van der Waals surface area contributed by atoms with Crippen molar-refractivity contribution in [2.45, 2.75) is 39.5 Å². The van der Waals surface area contributed by atoms with Crippen LogP contribution in [0.4, 0.5) is 0 Å². The molecule has 0 aliphatic heterocycles. The van der Waals surface area contributed by atoms with E-state index in [-0.39, 0.29) is 11.1 Å². The average molecular weight is 436 g/mol. The van der Waals surface area contributed by atoms with E-state index in [1.54, 1.807) is 12.1 Å². The van der Waals surface area contributed by atoms with Crippen LogP contribution in [0, 0.1) is 0 Å². The summed E-state index contributed by atoms with van der Waals surface area (Å²) in [4.78, 5) is 24.5. The van der Waals surface area contributed by atoms with Crippen LogP contribution in [0.5, 0.6) is 0 Å². The van der Waals surface area contributed by atoms with Crippen LogP contribution in [0.3, 0.4) is 0 Å². The van der Waals surface area contributed by atoms with Gasteiger partial charge in [0.15, 0.2) is 0 Å². The lowest BCUT2D eigenvalue weighted by molar-refractivity contribution is 0.0450. The van der Waals surface area contributed by atoms with Crippen molar-refractivity contribution in [3.8, 4) is 0 Å². The number of carbonyl (C=O) groups excluding carboxylic acids is 2. The molecule has 0 saturated carbocycles. The van der Waals surface area contributed by atoms with Crippen molar-refractivity contribution in [3.63, 3.8) is 0 Å². The number of halogens is 2. The molecule has 22 heavy (non-hydrogen) atoms. The summed E-state index contributed by atoms with van der Waals surface area (Å²) in [6.07, 6.45) is 3.43. The number of unbranched alkanes of at least 4 members (excludes halogenated alkanes) is 2. The molecule has 122 valence electrons. The van der Waals surface area contributed by atoms with Crippen LogP contribution < -0.4 is 0 Å². The normalized spacial score (nSPS) is 10.4. The molecular weight excluding hydrogens is 416 g/mol. The first-order chi connectivity index (χ1) is 10.5. The van der Waals surface area contributed by atoms with Crippen molar-refractivity contribution >= 4 is 43.8 Å². The van der Waals surface area contributed by atoms with Gasteiger partial charge in [0.2, 0.25) is 0 Å². The first-order valence-electron chi connectivity index (χ1n) is 7.35. The molecule has 1 aromatic rings. The van der Waals surface area contributed by atoms with E-state index in [4.69, 9.17) is 9.47 Å². The van der Waals surface area contributed by atoms with Gasteiger partial charge >= 0.3 is 11.9 Å². The van der Waals surface area contributed by atoms with Crippen LogP contribution >= 0.6 is 31.9 Å². The highest BCUT2D eigenvalue weighted by Crippen LogP contribution is 2.29. The van der Waals surface area contributed by atoms with Gasteiger partial charge in [0.1, 0.15) is 0 Å². The quantitative estimate of drug-likeness (QED) is 0.419. The van der Waals surface area contributed by atoms with E-state index < -0.39 is 11.9 Å². The van der Waals surface area contributed by atoms with Gasteiger partial charge in [-0.1, -0.05) is 26.7 Å².